The van der Waals surface area contributed by atoms with Gasteiger partial charge in [0.1, 0.15) is 17.0 Å². The number of methoxy groups -OCH3 is 1. The second-order valence-corrected chi connectivity index (χ2v) is 11.6. The van der Waals surface area contributed by atoms with Crippen LogP contribution in [0.4, 0.5) is 0 Å². The molecule has 1 aliphatic heterocycles. The van der Waals surface area contributed by atoms with Crippen LogP contribution in [-0.2, 0) is 11.3 Å². The second-order valence-electron chi connectivity index (χ2n) is 11.6. The van der Waals surface area contributed by atoms with Crippen molar-refractivity contribution < 1.29 is 14.3 Å². The number of ether oxygens (including phenoxy) is 1. The lowest BCUT2D eigenvalue weighted by Gasteiger charge is -2.30. The molecule has 2 atom stereocenters. The Morgan fingerprint density at radius 3 is 2.66 bits per heavy atom. The smallest absolute Gasteiger partial charge is 0.254 e. The zero-order chi connectivity index (χ0) is 28.8. The first-order chi connectivity index (χ1) is 19.8. The number of nitrogens with one attached hydrogen (secondary N) is 1. The highest BCUT2D eigenvalue weighted by Gasteiger charge is 2.28. The van der Waals surface area contributed by atoms with Gasteiger partial charge >= 0.3 is 0 Å². The standard InChI is InChI=1S/C31H39N7O3/c1-5-24(33-19(3)39)25-11-10-21-13-26(37(30(21)34-25)16-20-8-9-20)29-18(2)38-27(35-29)14-22(15-28(38)41-4)31(40)36-12-6-7-23(32)17-36/h10-11,13-15,20,23-24H,5-9,12,16-17,32H2,1-4H3,(H,33,39)/t23-,24?/m1/s1. The summed E-state index contributed by atoms with van der Waals surface area (Å²) in [7, 11) is 1.62. The molecule has 5 heterocycles. The predicted molar refractivity (Wildman–Crippen MR) is 158 cm³/mol. The Morgan fingerprint density at radius 1 is 1.17 bits per heavy atom. The zero-order valence-corrected chi connectivity index (χ0v) is 24.3. The number of piperidine rings is 1. The van der Waals surface area contributed by atoms with Crippen LogP contribution in [0.25, 0.3) is 28.1 Å². The van der Waals surface area contributed by atoms with E-state index in [1.807, 2.05) is 35.3 Å². The van der Waals surface area contributed by atoms with E-state index in [1.165, 1.54) is 19.8 Å². The summed E-state index contributed by atoms with van der Waals surface area (Å²) in [6.07, 6.45) is 5.00. The van der Waals surface area contributed by atoms with Gasteiger partial charge in [-0.1, -0.05) is 6.92 Å². The van der Waals surface area contributed by atoms with Crippen LogP contribution in [0.2, 0.25) is 0 Å². The van der Waals surface area contributed by atoms with Crippen molar-refractivity contribution in [1.82, 2.24) is 29.2 Å². The summed E-state index contributed by atoms with van der Waals surface area (Å²) in [5.41, 5.74) is 11.9. The summed E-state index contributed by atoms with van der Waals surface area (Å²) in [5, 5.41) is 4.05. The highest BCUT2D eigenvalue weighted by atomic mass is 16.5. The van der Waals surface area contributed by atoms with Gasteiger partial charge in [-0.25, -0.2) is 9.97 Å². The number of hydrogen-bond acceptors (Lipinski definition) is 6. The molecule has 0 bridgehead atoms. The molecule has 1 saturated carbocycles. The Morgan fingerprint density at radius 2 is 1.98 bits per heavy atom. The fourth-order valence-electron chi connectivity index (χ4n) is 6.08. The molecule has 4 aromatic rings. The minimum Gasteiger partial charge on any atom is -0.482 e. The highest BCUT2D eigenvalue weighted by Crippen LogP contribution is 2.37. The molecule has 2 aliphatic rings. The molecule has 216 valence electrons. The molecule has 1 unspecified atom stereocenters. The molecule has 10 nitrogen and oxygen atoms in total. The number of nitrogens with zero attached hydrogens (tertiary/aromatic N) is 5. The zero-order valence-electron chi connectivity index (χ0n) is 24.3. The molecule has 0 spiro atoms. The Balaban J connectivity index is 1.46. The average molecular weight is 558 g/mol. The quantitative estimate of drug-likeness (QED) is 0.335. The summed E-state index contributed by atoms with van der Waals surface area (Å²) in [5.74, 6) is 1.06. The number of hydrogen-bond donors (Lipinski definition) is 2. The molecule has 1 aliphatic carbocycles. The van der Waals surface area contributed by atoms with Crippen molar-refractivity contribution in [3.05, 3.63) is 47.3 Å². The van der Waals surface area contributed by atoms with E-state index >= 15 is 0 Å². The van der Waals surface area contributed by atoms with Gasteiger partial charge in [0.05, 0.1) is 30.2 Å². The van der Waals surface area contributed by atoms with Crippen molar-refractivity contribution in [2.45, 2.75) is 71.5 Å². The number of carbonyl (C=O) groups excluding carboxylic acids is 2. The first kappa shape index (κ1) is 27.3. The van der Waals surface area contributed by atoms with E-state index in [1.54, 1.807) is 13.2 Å². The maximum Gasteiger partial charge on any atom is 0.254 e. The minimum absolute atomic E-state index is 0.00644. The molecule has 41 heavy (non-hydrogen) atoms. The monoisotopic (exact) mass is 557 g/mol. The van der Waals surface area contributed by atoms with Gasteiger partial charge in [-0.15, -0.1) is 0 Å². The number of aryl methyl sites for hydroxylation is 1. The summed E-state index contributed by atoms with van der Waals surface area (Å²) in [6, 6.07) is 9.75. The summed E-state index contributed by atoms with van der Waals surface area (Å²) in [6.45, 7) is 7.74. The van der Waals surface area contributed by atoms with E-state index in [0.717, 1.165) is 59.6 Å². The SMILES string of the molecule is CCC(NC(C)=O)c1ccc2cc(-c3nc4cc(C(=O)N5CCC[C@@H](N)C5)cc(OC)n4c3C)n(CC3CC3)c2n1. The number of imidazole rings is 1. The van der Waals surface area contributed by atoms with Crippen molar-refractivity contribution in [2.75, 3.05) is 20.2 Å². The summed E-state index contributed by atoms with van der Waals surface area (Å²) in [4.78, 5) is 37.2. The number of carbonyl (C=O) groups is 2. The lowest BCUT2D eigenvalue weighted by molar-refractivity contribution is -0.119. The van der Waals surface area contributed by atoms with Crippen LogP contribution < -0.4 is 15.8 Å². The third-order valence-corrected chi connectivity index (χ3v) is 8.41. The van der Waals surface area contributed by atoms with Crippen molar-refractivity contribution in [3.63, 3.8) is 0 Å². The number of likely N-dealkylation sites (tertiary alicyclic amines) is 1. The van der Waals surface area contributed by atoms with Crippen molar-refractivity contribution in [3.8, 4) is 17.3 Å². The molecule has 10 heteroatoms. The number of nitrogens with two attached hydrogens (primary N) is 1. The Bertz CT molecular complexity index is 1630. The lowest BCUT2D eigenvalue weighted by Crippen LogP contribution is -2.45. The normalized spacial score (nSPS) is 18.2. The predicted octanol–water partition coefficient (Wildman–Crippen LogP) is 4.23. The van der Waals surface area contributed by atoms with E-state index in [-0.39, 0.29) is 23.9 Å². The van der Waals surface area contributed by atoms with Gasteiger partial charge in [0.2, 0.25) is 5.91 Å². The molecule has 0 aromatic carbocycles. The summed E-state index contributed by atoms with van der Waals surface area (Å²) >= 11 is 0. The van der Waals surface area contributed by atoms with Crippen LogP contribution in [0.15, 0.2) is 30.3 Å². The van der Waals surface area contributed by atoms with E-state index in [0.29, 0.717) is 36.1 Å². The Labute approximate surface area is 239 Å². The Hall–Kier alpha value is -3.92. The van der Waals surface area contributed by atoms with Crippen LogP contribution in [0.1, 0.15) is 73.7 Å². The van der Waals surface area contributed by atoms with Gasteiger partial charge in [-0.2, -0.15) is 0 Å². The van der Waals surface area contributed by atoms with Crippen molar-refractivity contribution >= 4 is 28.5 Å². The molecular formula is C31H39N7O3. The molecule has 3 N–H and O–H groups in total. The molecule has 6 rings (SSSR count). The third kappa shape index (κ3) is 5.16. The van der Waals surface area contributed by atoms with E-state index in [4.69, 9.17) is 20.4 Å². The van der Waals surface area contributed by atoms with Gasteiger partial charge in [0.15, 0.2) is 5.88 Å². The fraction of sp³-hybridized carbons (Fsp3) is 0.484. The molecule has 1 saturated heterocycles. The van der Waals surface area contributed by atoms with E-state index in [9.17, 15) is 9.59 Å². The first-order valence-electron chi connectivity index (χ1n) is 14.7. The molecule has 2 fully saturated rings. The first-order valence-corrected chi connectivity index (χ1v) is 14.7. The van der Waals surface area contributed by atoms with E-state index < -0.39 is 0 Å². The van der Waals surface area contributed by atoms with Crippen LogP contribution in [0, 0.1) is 12.8 Å². The van der Waals surface area contributed by atoms with Gasteiger partial charge in [0.25, 0.3) is 5.91 Å². The van der Waals surface area contributed by atoms with Crippen molar-refractivity contribution in [2.24, 2.45) is 11.7 Å². The van der Waals surface area contributed by atoms with Crippen molar-refractivity contribution in [1.29, 1.82) is 0 Å². The topological polar surface area (TPSA) is 120 Å². The number of rotatable bonds is 8. The second kappa shape index (κ2) is 10.8. The molecule has 0 radical (unpaired) electrons. The maximum absolute atomic E-state index is 13.4. The van der Waals surface area contributed by atoms with Crippen LogP contribution in [0.5, 0.6) is 5.88 Å². The summed E-state index contributed by atoms with van der Waals surface area (Å²) < 4.78 is 10.0. The fourth-order valence-corrected chi connectivity index (χ4v) is 6.08. The molecule has 2 amide bonds. The van der Waals surface area contributed by atoms with Crippen LogP contribution >= 0.6 is 0 Å². The Kier molecular flexibility index (Phi) is 7.19. The van der Waals surface area contributed by atoms with Gasteiger partial charge in [-0.3, -0.25) is 14.0 Å². The minimum atomic E-state index is -0.142. The molecular weight excluding hydrogens is 518 g/mol. The van der Waals surface area contributed by atoms with Gasteiger partial charge < -0.3 is 25.3 Å². The van der Waals surface area contributed by atoms with Crippen LogP contribution in [-0.4, -0.2) is 61.9 Å². The maximum atomic E-state index is 13.4. The van der Waals surface area contributed by atoms with Gasteiger partial charge in [0, 0.05) is 49.6 Å². The largest absolute Gasteiger partial charge is 0.482 e. The number of aromatic nitrogens is 4. The van der Waals surface area contributed by atoms with Gasteiger partial charge in [-0.05, 0) is 69.2 Å². The molecule has 4 aromatic heterocycles. The van der Waals surface area contributed by atoms with Crippen LogP contribution in [0.3, 0.4) is 0 Å². The van der Waals surface area contributed by atoms with E-state index in [2.05, 4.69) is 22.0 Å². The number of amides is 2. The average Bonchev–Trinajstić information content (AvgIpc) is 3.64. The number of fused-ring (bicyclic) bond motifs is 2. The number of pyridine rings is 2. The highest BCUT2D eigenvalue weighted by molar-refractivity contribution is 5.96. The lowest BCUT2D eigenvalue weighted by atomic mass is 10.1. The third-order valence-electron chi connectivity index (χ3n) is 8.41.